The lowest BCUT2D eigenvalue weighted by molar-refractivity contribution is 0.474. The van der Waals surface area contributed by atoms with Gasteiger partial charge in [-0.3, -0.25) is 18.5 Å². The van der Waals surface area contributed by atoms with Crippen molar-refractivity contribution in [1.29, 1.82) is 0 Å². The van der Waals surface area contributed by atoms with E-state index in [9.17, 15) is 14.7 Å². The van der Waals surface area contributed by atoms with Crippen molar-refractivity contribution in [3.63, 3.8) is 0 Å². The van der Waals surface area contributed by atoms with E-state index in [0.717, 1.165) is 15.7 Å². The molecule has 0 saturated heterocycles. The van der Waals surface area contributed by atoms with E-state index in [1.54, 1.807) is 35.9 Å². The van der Waals surface area contributed by atoms with Crippen molar-refractivity contribution < 1.29 is 5.11 Å². The van der Waals surface area contributed by atoms with Crippen molar-refractivity contribution in [2.75, 3.05) is 5.43 Å². The number of nitrogens with one attached hydrogen (secondary N) is 1. The molecule has 0 spiro atoms. The summed E-state index contributed by atoms with van der Waals surface area (Å²) >= 11 is 0. The standard InChI is InChI=1S/C22H22N6O3/c1-14-8-10-15(11-9-14)13-28-18-19(26(2)22(31)27(3)20(18)30)24-21(28)25-23-12-16-6-4-5-7-17(16)29/h4-12,29H,13H2,1-3H3,(H,24,25)/b23-12+. The van der Waals surface area contributed by atoms with Crippen LogP contribution in [0.3, 0.4) is 0 Å². The van der Waals surface area contributed by atoms with Gasteiger partial charge in [-0.25, -0.2) is 10.2 Å². The molecule has 4 rings (SSSR count). The summed E-state index contributed by atoms with van der Waals surface area (Å²) in [5.41, 5.74) is 5.14. The molecule has 0 fully saturated rings. The minimum Gasteiger partial charge on any atom is -0.507 e. The molecule has 9 heteroatoms. The van der Waals surface area contributed by atoms with Crippen LogP contribution in [0.1, 0.15) is 16.7 Å². The van der Waals surface area contributed by atoms with Crippen molar-refractivity contribution in [2.24, 2.45) is 19.2 Å². The molecule has 0 unspecified atom stereocenters. The van der Waals surface area contributed by atoms with Crippen molar-refractivity contribution in [1.82, 2.24) is 18.7 Å². The van der Waals surface area contributed by atoms with Gasteiger partial charge in [0.25, 0.3) is 5.56 Å². The van der Waals surface area contributed by atoms with Crippen LogP contribution in [0.15, 0.2) is 63.2 Å². The first kappa shape index (κ1) is 20.1. The molecule has 2 heterocycles. The molecule has 0 aliphatic heterocycles. The molecule has 31 heavy (non-hydrogen) atoms. The van der Waals surface area contributed by atoms with Crippen LogP contribution in [0.5, 0.6) is 5.75 Å². The second kappa shape index (κ2) is 7.94. The van der Waals surface area contributed by atoms with Gasteiger partial charge in [-0.15, -0.1) is 0 Å². The fraction of sp³-hybridized carbons (Fsp3) is 0.182. The highest BCUT2D eigenvalue weighted by Crippen LogP contribution is 2.19. The summed E-state index contributed by atoms with van der Waals surface area (Å²) in [5, 5.41) is 14.1. The molecule has 0 radical (unpaired) electrons. The molecule has 9 nitrogen and oxygen atoms in total. The lowest BCUT2D eigenvalue weighted by atomic mass is 10.1. The predicted molar refractivity (Wildman–Crippen MR) is 120 cm³/mol. The Labute approximate surface area is 177 Å². The Balaban J connectivity index is 1.83. The van der Waals surface area contributed by atoms with Crippen LogP contribution in [0.25, 0.3) is 11.2 Å². The highest BCUT2D eigenvalue weighted by molar-refractivity contribution is 5.84. The van der Waals surface area contributed by atoms with Crippen LogP contribution in [0.4, 0.5) is 5.95 Å². The highest BCUT2D eigenvalue weighted by atomic mass is 16.3. The van der Waals surface area contributed by atoms with Crippen LogP contribution in [0, 0.1) is 6.92 Å². The average Bonchev–Trinajstić information content (AvgIpc) is 3.12. The molecule has 2 aromatic carbocycles. The van der Waals surface area contributed by atoms with Crippen molar-refractivity contribution in [3.05, 3.63) is 86.1 Å². The molecule has 0 bridgehead atoms. The van der Waals surface area contributed by atoms with Gasteiger partial charge in [0.1, 0.15) is 5.75 Å². The molecule has 4 aromatic rings. The molecule has 158 valence electrons. The summed E-state index contributed by atoms with van der Waals surface area (Å²) < 4.78 is 4.09. The number of fused-ring (bicyclic) bond motifs is 1. The van der Waals surface area contributed by atoms with Gasteiger partial charge in [0, 0.05) is 19.7 Å². The molecule has 0 aliphatic rings. The smallest absolute Gasteiger partial charge is 0.332 e. The van der Waals surface area contributed by atoms with Crippen molar-refractivity contribution in [3.8, 4) is 5.75 Å². The Morgan fingerprint density at radius 1 is 1.06 bits per heavy atom. The summed E-state index contributed by atoms with van der Waals surface area (Å²) in [6.07, 6.45) is 1.46. The number of anilines is 1. The Morgan fingerprint density at radius 3 is 2.48 bits per heavy atom. The number of nitrogens with zero attached hydrogens (tertiary/aromatic N) is 5. The van der Waals surface area contributed by atoms with E-state index >= 15 is 0 Å². The zero-order chi connectivity index (χ0) is 22.1. The highest BCUT2D eigenvalue weighted by Gasteiger charge is 2.19. The SMILES string of the molecule is Cc1ccc(Cn2c(N/N=C/c3ccccc3O)nc3c2c(=O)n(C)c(=O)n3C)cc1. The maximum Gasteiger partial charge on any atom is 0.332 e. The fourth-order valence-corrected chi connectivity index (χ4v) is 3.32. The van der Waals surface area contributed by atoms with Crippen molar-refractivity contribution >= 4 is 23.3 Å². The average molecular weight is 418 g/mol. The number of hydrogen-bond acceptors (Lipinski definition) is 6. The molecular weight excluding hydrogens is 396 g/mol. The third-order valence-corrected chi connectivity index (χ3v) is 5.11. The fourth-order valence-electron chi connectivity index (χ4n) is 3.32. The van der Waals surface area contributed by atoms with Crippen LogP contribution >= 0.6 is 0 Å². The summed E-state index contributed by atoms with van der Waals surface area (Å²) in [5.74, 6) is 0.401. The van der Waals surface area contributed by atoms with Gasteiger partial charge in [0.15, 0.2) is 11.2 Å². The van der Waals surface area contributed by atoms with Gasteiger partial charge in [-0.2, -0.15) is 10.1 Å². The van der Waals surface area contributed by atoms with Crippen LogP contribution in [0.2, 0.25) is 0 Å². The molecule has 0 saturated carbocycles. The molecule has 2 aromatic heterocycles. The molecule has 0 amide bonds. The van der Waals surface area contributed by atoms with E-state index in [-0.39, 0.29) is 11.4 Å². The van der Waals surface area contributed by atoms with Gasteiger partial charge in [-0.1, -0.05) is 42.0 Å². The summed E-state index contributed by atoms with van der Waals surface area (Å²) in [6, 6.07) is 14.7. The summed E-state index contributed by atoms with van der Waals surface area (Å²) in [6.45, 7) is 2.36. The third kappa shape index (κ3) is 3.73. The summed E-state index contributed by atoms with van der Waals surface area (Å²) in [4.78, 5) is 29.7. The molecule has 0 aliphatic carbocycles. The van der Waals surface area contributed by atoms with Gasteiger partial charge < -0.3 is 5.11 Å². The van der Waals surface area contributed by atoms with E-state index < -0.39 is 11.2 Å². The zero-order valence-electron chi connectivity index (χ0n) is 17.4. The normalized spacial score (nSPS) is 11.5. The van der Waals surface area contributed by atoms with Crippen molar-refractivity contribution in [2.45, 2.75) is 13.5 Å². The topological polar surface area (TPSA) is 106 Å². The van der Waals surface area contributed by atoms with Gasteiger partial charge >= 0.3 is 5.69 Å². The number of phenols is 1. The first-order valence-corrected chi connectivity index (χ1v) is 9.65. The van der Waals surface area contributed by atoms with Crippen LogP contribution < -0.4 is 16.7 Å². The number of hydrazone groups is 1. The number of aryl methyl sites for hydroxylation is 2. The monoisotopic (exact) mass is 418 g/mol. The first-order chi connectivity index (χ1) is 14.9. The third-order valence-electron chi connectivity index (χ3n) is 5.11. The van der Waals surface area contributed by atoms with E-state index in [1.165, 1.54) is 17.8 Å². The largest absolute Gasteiger partial charge is 0.507 e. The van der Waals surface area contributed by atoms with Gasteiger partial charge in [-0.05, 0) is 24.6 Å². The van der Waals surface area contributed by atoms with E-state index in [4.69, 9.17) is 0 Å². The Hall–Kier alpha value is -4.14. The molecule has 0 atom stereocenters. The number of rotatable bonds is 5. The number of hydrogen-bond donors (Lipinski definition) is 2. The second-order valence-corrected chi connectivity index (χ2v) is 7.31. The summed E-state index contributed by atoms with van der Waals surface area (Å²) in [7, 11) is 3.01. The number of phenolic OH excluding ortho intramolecular Hbond substituents is 1. The predicted octanol–water partition coefficient (Wildman–Crippen LogP) is 1.94. The first-order valence-electron chi connectivity index (χ1n) is 9.65. The molecule has 2 N–H and O–H groups in total. The zero-order valence-corrected chi connectivity index (χ0v) is 17.4. The minimum absolute atomic E-state index is 0.0949. The maximum atomic E-state index is 12.9. The number of imidazole rings is 1. The second-order valence-electron chi connectivity index (χ2n) is 7.31. The Morgan fingerprint density at radius 2 is 1.77 bits per heavy atom. The van der Waals surface area contributed by atoms with Gasteiger partial charge in [0.05, 0.1) is 12.8 Å². The number of aromatic hydroxyl groups is 1. The lowest BCUT2D eigenvalue weighted by Crippen LogP contribution is -2.37. The maximum absolute atomic E-state index is 12.9. The number of benzene rings is 2. The minimum atomic E-state index is -0.457. The number of para-hydroxylation sites is 1. The van der Waals surface area contributed by atoms with E-state index in [2.05, 4.69) is 15.5 Å². The van der Waals surface area contributed by atoms with Crippen LogP contribution in [-0.2, 0) is 20.6 Å². The van der Waals surface area contributed by atoms with E-state index in [0.29, 0.717) is 23.6 Å². The van der Waals surface area contributed by atoms with E-state index in [1.807, 2.05) is 31.2 Å². The lowest BCUT2D eigenvalue weighted by Gasteiger charge is -2.09. The van der Waals surface area contributed by atoms with Crippen LogP contribution in [-0.4, -0.2) is 30.0 Å². The quantitative estimate of drug-likeness (QED) is 0.381. The van der Waals surface area contributed by atoms with Gasteiger partial charge in [0.2, 0.25) is 5.95 Å². The Kier molecular flexibility index (Phi) is 5.16. The number of aromatic nitrogens is 4. The molecular formula is C22H22N6O3. The Bertz CT molecular complexity index is 1410.